The highest BCUT2D eigenvalue weighted by Crippen LogP contribution is 2.37. The standard InChI is InChI=1S/C24H24BrFN4O3S/c1-4-32-21-11-17(10-19(25)23(21)33-13-18-7-5-6-8-20(18)26)12-27-30-22(31)14-34-24-28-15(2)9-16(3)29-24/h5-12H,4,13-14H2,1-3H3,(H,30,31)/b27-12-. The molecule has 0 radical (unpaired) electrons. The molecule has 1 heterocycles. The van der Waals surface area contributed by atoms with Gasteiger partial charge < -0.3 is 9.47 Å². The minimum absolute atomic E-state index is 0.0523. The number of ether oxygens (including phenoxy) is 2. The van der Waals surface area contributed by atoms with E-state index in [1.54, 1.807) is 30.3 Å². The molecule has 3 aromatic rings. The molecule has 0 bridgehead atoms. The molecule has 34 heavy (non-hydrogen) atoms. The van der Waals surface area contributed by atoms with Gasteiger partial charge in [-0.1, -0.05) is 30.0 Å². The molecule has 3 rings (SSSR count). The molecule has 0 aliphatic rings. The van der Waals surface area contributed by atoms with Crippen LogP contribution in [0.15, 0.2) is 57.2 Å². The summed E-state index contributed by atoms with van der Waals surface area (Å²) in [6.45, 7) is 6.09. The Labute approximate surface area is 210 Å². The molecule has 0 aliphatic carbocycles. The lowest BCUT2D eigenvalue weighted by atomic mass is 10.2. The summed E-state index contributed by atoms with van der Waals surface area (Å²) in [5.41, 5.74) is 5.32. The van der Waals surface area contributed by atoms with E-state index >= 15 is 0 Å². The normalized spacial score (nSPS) is 11.0. The molecule has 0 saturated carbocycles. The number of carbonyl (C=O) groups is 1. The number of rotatable bonds is 10. The van der Waals surface area contributed by atoms with Crippen molar-refractivity contribution < 1.29 is 18.7 Å². The quantitative estimate of drug-likeness (QED) is 0.162. The molecule has 178 valence electrons. The van der Waals surface area contributed by atoms with Crippen molar-refractivity contribution in [1.29, 1.82) is 0 Å². The van der Waals surface area contributed by atoms with Crippen LogP contribution in [-0.4, -0.2) is 34.4 Å². The first kappa shape index (κ1) is 25.6. The smallest absolute Gasteiger partial charge is 0.250 e. The molecule has 0 unspecified atom stereocenters. The third-order valence-electron chi connectivity index (χ3n) is 4.36. The van der Waals surface area contributed by atoms with E-state index in [9.17, 15) is 9.18 Å². The van der Waals surface area contributed by atoms with Crippen LogP contribution < -0.4 is 14.9 Å². The fourth-order valence-corrected chi connectivity index (χ4v) is 4.25. The van der Waals surface area contributed by atoms with Crippen LogP contribution >= 0.6 is 27.7 Å². The van der Waals surface area contributed by atoms with Gasteiger partial charge in [-0.05, 0) is 66.5 Å². The van der Waals surface area contributed by atoms with Crippen LogP contribution in [0.1, 0.15) is 29.4 Å². The monoisotopic (exact) mass is 546 g/mol. The van der Waals surface area contributed by atoms with Crippen molar-refractivity contribution in [3.63, 3.8) is 0 Å². The number of halogens is 2. The SMILES string of the molecule is CCOc1cc(/C=N\NC(=O)CSc2nc(C)cc(C)n2)cc(Br)c1OCc1ccccc1F. The van der Waals surface area contributed by atoms with Gasteiger partial charge in [0.05, 0.1) is 23.0 Å². The number of hydrogen-bond donors (Lipinski definition) is 1. The van der Waals surface area contributed by atoms with Crippen LogP contribution in [0.3, 0.4) is 0 Å². The molecule has 1 amide bonds. The van der Waals surface area contributed by atoms with Crippen molar-refractivity contribution >= 4 is 39.8 Å². The molecule has 0 saturated heterocycles. The number of amides is 1. The topological polar surface area (TPSA) is 85.7 Å². The Morgan fingerprint density at radius 2 is 1.91 bits per heavy atom. The third kappa shape index (κ3) is 7.53. The molecular formula is C24H24BrFN4O3S. The van der Waals surface area contributed by atoms with Gasteiger partial charge in [0.2, 0.25) is 0 Å². The molecule has 0 spiro atoms. The van der Waals surface area contributed by atoms with Crippen molar-refractivity contribution in [2.75, 3.05) is 12.4 Å². The minimum Gasteiger partial charge on any atom is -0.490 e. The summed E-state index contributed by atoms with van der Waals surface area (Å²) in [5, 5.41) is 4.57. The highest BCUT2D eigenvalue weighted by atomic mass is 79.9. The van der Waals surface area contributed by atoms with E-state index < -0.39 is 0 Å². The van der Waals surface area contributed by atoms with E-state index in [0.29, 0.717) is 38.9 Å². The van der Waals surface area contributed by atoms with Crippen molar-refractivity contribution in [2.45, 2.75) is 32.5 Å². The van der Waals surface area contributed by atoms with Crippen LogP contribution in [0.25, 0.3) is 0 Å². The van der Waals surface area contributed by atoms with Crippen LogP contribution in [0.4, 0.5) is 4.39 Å². The van der Waals surface area contributed by atoms with Crippen molar-refractivity contribution in [3.05, 3.63) is 75.3 Å². The number of benzene rings is 2. The van der Waals surface area contributed by atoms with E-state index in [4.69, 9.17) is 9.47 Å². The van der Waals surface area contributed by atoms with Gasteiger partial charge in [0.1, 0.15) is 12.4 Å². The first-order valence-corrected chi connectivity index (χ1v) is 12.2. The Hall–Kier alpha value is -2.98. The van der Waals surface area contributed by atoms with Crippen LogP contribution in [0.2, 0.25) is 0 Å². The maximum atomic E-state index is 13.9. The van der Waals surface area contributed by atoms with Crippen molar-refractivity contribution in [1.82, 2.24) is 15.4 Å². The van der Waals surface area contributed by atoms with Gasteiger partial charge >= 0.3 is 0 Å². The lowest BCUT2D eigenvalue weighted by Gasteiger charge is -2.15. The second-order valence-corrected chi connectivity index (χ2v) is 8.96. The summed E-state index contributed by atoms with van der Waals surface area (Å²) in [4.78, 5) is 20.7. The molecule has 0 aliphatic heterocycles. The Kier molecular flexibility index (Phi) is 9.41. The molecule has 7 nitrogen and oxygen atoms in total. The predicted octanol–water partition coefficient (Wildman–Crippen LogP) is 5.22. The number of carbonyl (C=O) groups excluding carboxylic acids is 1. The zero-order valence-corrected chi connectivity index (χ0v) is 21.4. The van der Waals surface area contributed by atoms with Crippen LogP contribution in [-0.2, 0) is 11.4 Å². The Balaban J connectivity index is 1.62. The zero-order chi connectivity index (χ0) is 24.5. The minimum atomic E-state index is -0.335. The average molecular weight is 547 g/mol. The molecule has 10 heteroatoms. The van der Waals surface area contributed by atoms with E-state index in [1.807, 2.05) is 26.8 Å². The Bertz CT molecular complexity index is 1170. The molecule has 0 fully saturated rings. The lowest BCUT2D eigenvalue weighted by Crippen LogP contribution is -2.19. The maximum Gasteiger partial charge on any atom is 0.250 e. The second-order valence-electron chi connectivity index (χ2n) is 7.16. The summed E-state index contributed by atoms with van der Waals surface area (Å²) in [6.07, 6.45) is 1.50. The number of hydrogen-bond acceptors (Lipinski definition) is 7. The highest BCUT2D eigenvalue weighted by molar-refractivity contribution is 9.10. The molecular weight excluding hydrogens is 523 g/mol. The summed E-state index contributed by atoms with van der Waals surface area (Å²) in [5.74, 6) is 0.452. The number of nitrogens with zero attached hydrogens (tertiary/aromatic N) is 3. The van der Waals surface area contributed by atoms with E-state index in [0.717, 1.165) is 11.4 Å². The highest BCUT2D eigenvalue weighted by Gasteiger charge is 2.13. The van der Waals surface area contributed by atoms with Crippen molar-refractivity contribution in [3.8, 4) is 11.5 Å². The van der Waals surface area contributed by atoms with Gasteiger partial charge in [0.25, 0.3) is 5.91 Å². The molecule has 0 atom stereocenters. The number of aryl methyl sites for hydroxylation is 2. The predicted molar refractivity (Wildman–Crippen MR) is 134 cm³/mol. The first-order chi connectivity index (χ1) is 16.4. The number of aromatic nitrogens is 2. The largest absolute Gasteiger partial charge is 0.490 e. The first-order valence-electron chi connectivity index (χ1n) is 10.4. The van der Waals surface area contributed by atoms with Gasteiger partial charge in [-0.15, -0.1) is 0 Å². The van der Waals surface area contributed by atoms with E-state index in [-0.39, 0.29) is 24.1 Å². The van der Waals surface area contributed by atoms with Gasteiger partial charge in [-0.3, -0.25) is 4.79 Å². The third-order valence-corrected chi connectivity index (χ3v) is 5.79. The lowest BCUT2D eigenvalue weighted by molar-refractivity contribution is -0.118. The number of hydrazone groups is 1. The summed E-state index contributed by atoms with van der Waals surface area (Å²) in [6, 6.07) is 11.8. The van der Waals surface area contributed by atoms with Crippen LogP contribution in [0.5, 0.6) is 11.5 Å². The summed E-state index contributed by atoms with van der Waals surface area (Å²) >= 11 is 4.72. The second kappa shape index (κ2) is 12.5. The van der Waals surface area contributed by atoms with E-state index in [1.165, 1.54) is 24.0 Å². The van der Waals surface area contributed by atoms with Gasteiger partial charge in [-0.2, -0.15) is 5.10 Å². The maximum absolute atomic E-state index is 13.9. The molecule has 1 aromatic heterocycles. The Morgan fingerprint density at radius 3 is 2.62 bits per heavy atom. The molecule has 2 aromatic carbocycles. The number of thioether (sulfide) groups is 1. The van der Waals surface area contributed by atoms with Crippen molar-refractivity contribution in [2.24, 2.45) is 5.10 Å². The zero-order valence-electron chi connectivity index (χ0n) is 19.0. The average Bonchev–Trinajstić information content (AvgIpc) is 2.78. The summed E-state index contributed by atoms with van der Waals surface area (Å²) < 4.78 is 26.1. The van der Waals surface area contributed by atoms with Gasteiger partial charge in [0.15, 0.2) is 16.7 Å². The molecule has 1 N–H and O–H groups in total. The van der Waals surface area contributed by atoms with E-state index in [2.05, 4.69) is 36.4 Å². The Morgan fingerprint density at radius 1 is 1.18 bits per heavy atom. The fourth-order valence-electron chi connectivity index (χ4n) is 2.93. The fraction of sp³-hybridized carbons (Fsp3) is 0.250. The van der Waals surface area contributed by atoms with Gasteiger partial charge in [0, 0.05) is 17.0 Å². The summed E-state index contributed by atoms with van der Waals surface area (Å²) in [7, 11) is 0. The van der Waals surface area contributed by atoms with Gasteiger partial charge in [-0.25, -0.2) is 19.8 Å². The van der Waals surface area contributed by atoms with Crippen LogP contribution in [0, 0.1) is 19.7 Å². The number of nitrogens with one attached hydrogen (secondary N) is 1.